The van der Waals surface area contributed by atoms with Gasteiger partial charge in [0.25, 0.3) is 0 Å². The number of rotatable bonds is 4. The van der Waals surface area contributed by atoms with Crippen molar-refractivity contribution in [2.45, 2.75) is 6.42 Å². The summed E-state index contributed by atoms with van der Waals surface area (Å²) in [5, 5.41) is 0. The summed E-state index contributed by atoms with van der Waals surface area (Å²) in [6.07, 6.45) is 0.128. The van der Waals surface area contributed by atoms with E-state index in [4.69, 9.17) is 4.74 Å². The number of carbonyl (C=O) groups excluding carboxylic acids is 1. The number of methoxy groups -OCH3 is 1. The maximum Gasteiger partial charge on any atom is 0.313 e. The van der Waals surface area contributed by atoms with Gasteiger partial charge in [-0.3, -0.25) is 4.79 Å². The summed E-state index contributed by atoms with van der Waals surface area (Å²) in [4.78, 5) is 19.3. The summed E-state index contributed by atoms with van der Waals surface area (Å²) in [5.74, 6) is 0.289. The Morgan fingerprint density at radius 3 is 2.18 bits per heavy atom. The molecule has 3 rings (SSSR count). The van der Waals surface area contributed by atoms with Crippen molar-refractivity contribution >= 4 is 5.97 Å². The van der Waals surface area contributed by atoms with Crippen molar-refractivity contribution in [3.63, 3.8) is 0 Å². The highest BCUT2D eigenvalue weighted by atomic mass is 16.5. The third kappa shape index (κ3) is 2.91. The third-order valence-electron chi connectivity index (χ3n) is 3.40. The number of H-pyrrole nitrogens is 1. The standard InChI is InChI=1S/C18H16N2O2/c1-22-16(21)12-15-19-17(13-8-4-2-5-9-13)18(20-15)14-10-6-3-7-11-14/h2-11H,12H2,1H3,(H,19,20). The third-order valence-corrected chi connectivity index (χ3v) is 3.40. The Labute approximate surface area is 128 Å². The van der Waals surface area contributed by atoms with Crippen LogP contribution < -0.4 is 0 Å². The van der Waals surface area contributed by atoms with Crippen LogP contribution in [0.2, 0.25) is 0 Å². The molecule has 2 aromatic carbocycles. The first-order chi connectivity index (χ1) is 10.8. The summed E-state index contributed by atoms with van der Waals surface area (Å²) in [6.45, 7) is 0. The Balaban J connectivity index is 2.08. The lowest BCUT2D eigenvalue weighted by Gasteiger charge is -2.02. The lowest BCUT2D eigenvalue weighted by atomic mass is 10.1. The van der Waals surface area contributed by atoms with Gasteiger partial charge in [-0.1, -0.05) is 60.7 Å². The fourth-order valence-electron chi connectivity index (χ4n) is 2.33. The van der Waals surface area contributed by atoms with Gasteiger partial charge in [0, 0.05) is 11.1 Å². The molecule has 22 heavy (non-hydrogen) atoms. The second-order valence-electron chi connectivity index (χ2n) is 4.89. The maximum atomic E-state index is 11.5. The molecule has 4 heteroatoms. The van der Waals surface area contributed by atoms with E-state index in [0.717, 1.165) is 22.5 Å². The molecule has 1 heterocycles. The molecule has 0 bridgehead atoms. The van der Waals surface area contributed by atoms with Crippen molar-refractivity contribution in [1.82, 2.24) is 9.97 Å². The van der Waals surface area contributed by atoms with E-state index in [1.165, 1.54) is 7.11 Å². The van der Waals surface area contributed by atoms with E-state index in [1.807, 2.05) is 60.7 Å². The molecule has 110 valence electrons. The molecular weight excluding hydrogens is 276 g/mol. The Hall–Kier alpha value is -2.88. The molecule has 0 fully saturated rings. The van der Waals surface area contributed by atoms with Crippen molar-refractivity contribution in [1.29, 1.82) is 0 Å². The zero-order valence-corrected chi connectivity index (χ0v) is 12.2. The van der Waals surface area contributed by atoms with Gasteiger partial charge in [-0.15, -0.1) is 0 Å². The molecule has 0 radical (unpaired) electrons. The normalized spacial score (nSPS) is 10.4. The van der Waals surface area contributed by atoms with Crippen LogP contribution in [0.3, 0.4) is 0 Å². The first kappa shape index (κ1) is 14.1. The fraction of sp³-hybridized carbons (Fsp3) is 0.111. The fourth-order valence-corrected chi connectivity index (χ4v) is 2.33. The zero-order chi connectivity index (χ0) is 15.4. The number of nitrogens with zero attached hydrogens (tertiary/aromatic N) is 1. The number of benzene rings is 2. The van der Waals surface area contributed by atoms with Crippen molar-refractivity contribution in [2.24, 2.45) is 0 Å². The molecule has 0 aliphatic rings. The molecule has 0 atom stereocenters. The van der Waals surface area contributed by atoms with Gasteiger partial charge in [-0.2, -0.15) is 0 Å². The minimum Gasteiger partial charge on any atom is -0.469 e. The SMILES string of the molecule is COC(=O)Cc1nc(-c2ccccc2)c(-c2ccccc2)[nH]1. The van der Waals surface area contributed by atoms with Crippen LogP contribution in [0.15, 0.2) is 60.7 Å². The number of imidazole rings is 1. The molecular formula is C18H16N2O2. The van der Waals surface area contributed by atoms with Crippen LogP contribution in [0.4, 0.5) is 0 Å². The van der Waals surface area contributed by atoms with Crippen molar-refractivity contribution in [3.05, 3.63) is 66.5 Å². The first-order valence-electron chi connectivity index (χ1n) is 7.04. The highest BCUT2D eigenvalue weighted by molar-refractivity contribution is 5.79. The minimum absolute atomic E-state index is 0.128. The smallest absolute Gasteiger partial charge is 0.313 e. The lowest BCUT2D eigenvalue weighted by Crippen LogP contribution is -2.05. The molecule has 4 nitrogen and oxygen atoms in total. The number of hydrogen-bond donors (Lipinski definition) is 1. The van der Waals surface area contributed by atoms with Gasteiger partial charge in [0.15, 0.2) is 0 Å². The maximum absolute atomic E-state index is 11.5. The van der Waals surface area contributed by atoms with Gasteiger partial charge in [-0.05, 0) is 0 Å². The van der Waals surface area contributed by atoms with Crippen molar-refractivity contribution < 1.29 is 9.53 Å². The number of aromatic nitrogens is 2. The van der Waals surface area contributed by atoms with E-state index >= 15 is 0 Å². The average molecular weight is 292 g/mol. The summed E-state index contributed by atoms with van der Waals surface area (Å²) in [6, 6.07) is 19.9. The second-order valence-corrected chi connectivity index (χ2v) is 4.89. The van der Waals surface area contributed by atoms with E-state index in [9.17, 15) is 4.79 Å². The Morgan fingerprint density at radius 2 is 1.59 bits per heavy atom. The molecule has 0 aliphatic heterocycles. The summed E-state index contributed by atoms with van der Waals surface area (Å²) in [5.41, 5.74) is 3.79. The quantitative estimate of drug-likeness (QED) is 0.749. The van der Waals surface area contributed by atoms with E-state index in [2.05, 4.69) is 9.97 Å². The van der Waals surface area contributed by atoms with Gasteiger partial charge in [0.2, 0.25) is 0 Å². The topological polar surface area (TPSA) is 55.0 Å². The predicted molar refractivity (Wildman–Crippen MR) is 85.2 cm³/mol. The summed E-state index contributed by atoms with van der Waals surface area (Å²) < 4.78 is 4.72. The molecule has 3 aromatic rings. The minimum atomic E-state index is -0.312. The first-order valence-corrected chi connectivity index (χ1v) is 7.04. The molecule has 0 unspecified atom stereocenters. The van der Waals surface area contributed by atoms with Gasteiger partial charge in [0.05, 0.1) is 18.5 Å². The molecule has 0 amide bonds. The highest BCUT2D eigenvalue weighted by Gasteiger charge is 2.15. The van der Waals surface area contributed by atoms with Gasteiger partial charge in [-0.25, -0.2) is 4.98 Å². The molecule has 1 aromatic heterocycles. The van der Waals surface area contributed by atoms with Crippen LogP contribution in [0.1, 0.15) is 5.82 Å². The number of esters is 1. The van der Waals surface area contributed by atoms with Crippen LogP contribution in [0.5, 0.6) is 0 Å². The van der Waals surface area contributed by atoms with E-state index in [0.29, 0.717) is 5.82 Å². The molecule has 1 N–H and O–H groups in total. The second kappa shape index (κ2) is 6.26. The monoisotopic (exact) mass is 292 g/mol. The highest BCUT2D eigenvalue weighted by Crippen LogP contribution is 2.30. The van der Waals surface area contributed by atoms with Crippen LogP contribution in [0, 0.1) is 0 Å². The number of carbonyl (C=O) groups is 1. The zero-order valence-electron chi connectivity index (χ0n) is 12.2. The van der Waals surface area contributed by atoms with E-state index < -0.39 is 0 Å². The van der Waals surface area contributed by atoms with E-state index in [-0.39, 0.29) is 12.4 Å². The van der Waals surface area contributed by atoms with Crippen LogP contribution in [0.25, 0.3) is 22.5 Å². The molecule has 0 spiro atoms. The predicted octanol–water partition coefficient (Wildman–Crippen LogP) is 3.46. The molecule has 0 aliphatic carbocycles. The van der Waals surface area contributed by atoms with E-state index in [1.54, 1.807) is 0 Å². The average Bonchev–Trinajstić information content (AvgIpc) is 3.00. The van der Waals surface area contributed by atoms with Gasteiger partial charge >= 0.3 is 5.97 Å². The number of hydrogen-bond acceptors (Lipinski definition) is 3. The number of aromatic amines is 1. The Bertz CT molecular complexity index is 707. The lowest BCUT2D eigenvalue weighted by molar-refractivity contribution is -0.139. The van der Waals surface area contributed by atoms with Crippen LogP contribution in [-0.2, 0) is 16.0 Å². The van der Waals surface area contributed by atoms with Crippen LogP contribution >= 0.6 is 0 Å². The molecule has 0 saturated carbocycles. The van der Waals surface area contributed by atoms with Crippen molar-refractivity contribution in [2.75, 3.05) is 7.11 Å². The van der Waals surface area contributed by atoms with Crippen LogP contribution in [-0.4, -0.2) is 23.0 Å². The van der Waals surface area contributed by atoms with Gasteiger partial charge < -0.3 is 9.72 Å². The Morgan fingerprint density at radius 1 is 1.00 bits per heavy atom. The summed E-state index contributed by atoms with van der Waals surface area (Å²) >= 11 is 0. The largest absolute Gasteiger partial charge is 0.469 e. The molecule has 0 saturated heterocycles. The Kier molecular flexibility index (Phi) is 4.01. The van der Waals surface area contributed by atoms with Gasteiger partial charge in [0.1, 0.15) is 12.2 Å². The summed E-state index contributed by atoms with van der Waals surface area (Å²) in [7, 11) is 1.38. The number of ether oxygens (including phenoxy) is 1. The van der Waals surface area contributed by atoms with Crippen molar-refractivity contribution in [3.8, 4) is 22.5 Å². The number of nitrogens with one attached hydrogen (secondary N) is 1.